The first-order valence-corrected chi connectivity index (χ1v) is 17.1. The van der Waals surface area contributed by atoms with Crippen LogP contribution in [0.15, 0.2) is 11.1 Å². The molecule has 0 aromatic carbocycles. The van der Waals surface area contributed by atoms with E-state index in [0.717, 1.165) is 63.4 Å². The lowest BCUT2D eigenvalue weighted by molar-refractivity contribution is -0.226. The van der Waals surface area contributed by atoms with Gasteiger partial charge in [0.05, 0.1) is 11.6 Å². The lowest BCUT2D eigenvalue weighted by Gasteiger charge is -2.72. The summed E-state index contributed by atoms with van der Waals surface area (Å²) in [6.45, 7) is 16.7. The highest BCUT2D eigenvalue weighted by molar-refractivity contribution is 6.02. The molecule has 5 fully saturated rings. The number of hydrogen-bond acceptors (Lipinski definition) is 4. The van der Waals surface area contributed by atoms with Gasteiger partial charge in [-0.3, -0.25) is 4.79 Å². The first-order chi connectivity index (χ1) is 19.2. The average molecular weight is 568 g/mol. The molecule has 6 aliphatic carbocycles. The van der Waals surface area contributed by atoms with Crippen LogP contribution in [0.5, 0.6) is 0 Å². The zero-order chi connectivity index (χ0) is 29.6. The number of nitrogens with one attached hydrogen (secondary N) is 1. The van der Waals surface area contributed by atoms with Gasteiger partial charge in [0.1, 0.15) is 6.10 Å². The van der Waals surface area contributed by atoms with Crippen LogP contribution in [0.3, 0.4) is 0 Å². The Labute approximate surface area is 249 Å². The summed E-state index contributed by atoms with van der Waals surface area (Å²) in [5.74, 6) is 1.84. The van der Waals surface area contributed by atoms with Gasteiger partial charge in [-0.05, 0) is 134 Å². The third-order valence-electron chi connectivity index (χ3n) is 14.6. The minimum Gasteiger partial charge on any atom is -0.446 e. The molecule has 0 spiro atoms. The van der Waals surface area contributed by atoms with E-state index in [1.165, 1.54) is 31.3 Å². The number of rotatable bonds is 3. The fraction of sp³-hybridized carbons (Fsp3) is 0.889. The third-order valence-corrected chi connectivity index (χ3v) is 14.6. The van der Waals surface area contributed by atoms with Gasteiger partial charge in [0.2, 0.25) is 0 Å². The van der Waals surface area contributed by atoms with E-state index in [0.29, 0.717) is 24.2 Å². The highest BCUT2D eigenvalue weighted by Crippen LogP contribution is 2.75. The fourth-order valence-corrected chi connectivity index (χ4v) is 12.3. The second-order valence-corrected chi connectivity index (χ2v) is 16.9. The quantitative estimate of drug-likeness (QED) is 0.361. The first kappa shape index (κ1) is 29.7. The zero-order valence-corrected chi connectivity index (χ0v) is 27.0. The number of alkyl carbamates (subject to hydrolysis) is 1. The number of Topliss-reactive ketones (excluding diaryl/α,β-unsaturated/α-hetero) is 1. The van der Waals surface area contributed by atoms with E-state index < -0.39 is 5.54 Å². The summed E-state index contributed by atoms with van der Waals surface area (Å²) in [6, 6.07) is 0. The Balaban J connectivity index is 1.35. The molecule has 0 radical (unpaired) electrons. The third kappa shape index (κ3) is 4.16. The molecule has 3 unspecified atom stereocenters. The summed E-state index contributed by atoms with van der Waals surface area (Å²) in [6.07, 6.45) is 13.7. The van der Waals surface area contributed by atoms with Crippen LogP contribution in [-0.2, 0) is 9.53 Å². The predicted molar refractivity (Wildman–Crippen MR) is 162 cm³/mol. The summed E-state index contributed by atoms with van der Waals surface area (Å²) in [7, 11) is 0. The number of amides is 1. The number of aliphatic hydroxyl groups excluding tert-OH is 1. The van der Waals surface area contributed by atoms with Gasteiger partial charge >= 0.3 is 6.09 Å². The van der Waals surface area contributed by atoms with Crippen molar-refractivity contribution < 1.29 is 19.4 Å². The summed E-state index contributed by atoms with van der Waals surface area (Å²) in [5.41, 5.74) is 2.09. The van der Waals surface area contributed by atoms with Crippen LogP contribution in [0.1, 0.15) is 138 Å². The van der Waals surface area contributed by atoms with Crippen molar-refractivity contribution in [3.63, 3.8) is 0 Å². The van der Waals surface area contributed by atoms with Gasteiger partial charge in [-0.15, -0.1) is 0 Å². The van der Waals surface area contributed by atoms with E-state index in [-0.39, 0.29) is 51.7 Å². The van der Waals surface area contributed by atoms with Crippen molar-refractivity contribution in [2.75, 3.05) is 0 Å². The first-order valence-electron chi connectivity index (χ1n) is 17.1. The van der Waals surface area contributed by atoms with Gasteiger partial charge in [0.15, 0.2) is 5.78 Å². The summed E-state index contributed by atoms with van der Waals surface area (Å²) >= 11 is 0. The van der Waals surface area contributed by atoms with Crippen LogP contribution in [-0.4, -0.2) is 34.7 Å². The van der Waals surface area contributed by atoms with Crippen molar-refractivity contribution in [1.82, 2.24) is 5.32 Å². The van der Waals surface area contributed by atoms with Gasteiger partial charge in [0, 0.05) is 6.42 Å². The van der Waals surface area contributed by atoms with Crippen molar-refractivity contribution in [3.8, 4) is 0 Å². The average Bonchev–Trinajstić information content (AvgIpc) is 3.19. The fourth-order valence-electron chi connectivity index (χ4n) is 12.3. The Morgan fingerprint density at radius 2 is 1.56 bits per heavy atom. The molecule has 0 aliphatic heterocycles. The maximum atomic E-state index is 13.8. The monoisotopic (exact) mass is 567 g/mol. The molecule has 0 bridgehead atoms. The van der Waals surface area contributed by atoms with E-state index in [9.17, 15) is 14.7 Å². The van der Waals surface area contributed by atoms with E-state index >= 15 is 0 Å². The molecule has 1 amide bonds. The second kappa shape index (κ2) is 9.83. The largest absolute Gasteiger partial charge is 0.446 e. The Bertz CT molecular complexity index is 1120. The van der Waals surface area contributed by atoms with E-state index in [4.69, 9.17) is 4.74 Å². The maximum Gasteiger partial charge on any atom is 0.408 e. The molecule has 6 aliphatic rings. The van der Waals surface area contributed by atoms with Gasteiger partial charge in [0.25, 0.3) is 0 Å². The summed E-state index contributed by atoms with van der Waals surface area (Å²) in [4.78, 5) is 27.2. The van der Waals surface area contributed by atoms with Crippen LogP contribution >= 0.6 is 0 Å². The van der Waals surface area contributed by atoms with Crippen LogP contribution in [0, 0.1) is 45.3 Å². The number of fused-ring (bicyclic) bond motifs is 7. The van der Waals surface area contributed by atoms with Crippen LogP contribution in [0.2, 0.25) is 0 Å². The number of carbonyl (C=O) groups is 2. The molecule has 5 saturated carbocycles. The number of carbonyl (C=O) groups excluding carboxylic acids is 2. The number of hydrogen-bond donors (Lipinski definition) is 2. The van der Waals surface area contributed by atoms with Gasteiger partial charge in [-0.2, -0.15) is 0 Å². The predicted octanol–water partition coefficient (Wildman–Crippen LogP) is 8.14. The normalized spacial score (nSPS) is 45.9. The Kier molecular flexibility index (Phi) is 7.12. The maximum absolute atomic E-state index is 13.8. The van der Waals surface area contributed by atoms with Gasteiger partial charge in [-0.25, -0.2) is 4.79 Å². The lowest BCUT2D eigenvalue weighted by Crippen LogP contribution is -2.67. The van der Waals surface area contributed by atoms with Crippen LogP contribution in [0.25, 0.3) is 0 Å². The van der Waals surface area contributed by atoms with Gasteiger partial charge < -0.3 is 15.2 Å². The van der Waals surface area contributed by atoms with Crippen molar-refractivity contribution in [2.45, 2.75) is 156 Å². The van der Waals surface area contributed by atoms with E-state index in [1.807, 2.05) is 0 Å². The molecular formula is C36H57NO4. The molecule has 5 heteroatoms. The highest BCUT2D eigenvalue weighted by atomic mass is 16.6. The molecule has 41 heavy (non-hydrogen) atoms. The topological polar surface area (TPSA) is 75.6 Å². The minimum absolute atomic E-state index is 0.00616. The number of allylic oxidation sites excluding steroid dienone is 1. The summed E-state index contributed by atoms with van der Waals surface area (Å²) in [5, 5.41) is 14.4. The standard InChI is InChI=1S/C36H57NO4/c1-22(2)29-25(38)21-36(37-31(40)41-23-11-9-8-10-12-23)20-19-34(6)24(30(29)36)13-14-27-33(5)17-16-28(39)32(3,4)26(33)15-18-35(27,34)7/h22-24,26-28,39H,8-21H2,1-7H3,(H,37,40)/t24?,26?,27?,28-,33-,34+,35+,36+/m0/s1. The van der Waals surface area contributed by atoms with Crippen LogP contribution in [0.4, 0.5) is 4.79 Å². The minimum atomic E-state index is -0.589. The highest BCUT2D eigenvalue weighted by Gasteiger charge is 2.70. The van der Waals surface area contributed by atoms with Crippen molar-refractivity contribution in [3.05, 3.63) is 11.1 Å². The van der Waals surface area contributed by atoms with E-state index in [2.05, 4.69) is 53.8 Å². The SMILES string of the molecule is CC(C)C1=C2C3CCC4[C@@]5(C)CC[C@H](O)C(C)(C)C5CC[C@@]4(C)[C@]3(C)CC[C@@]2(NC(=O)OC2CCCCC2)CC1=O. The summed E-state index contributed by atoms with van der Waals surface area (Å²) < 4.78 is 5.99. The molecule has 0 aromatic heterocycles. The van der Waals surface area contributed by atoms with Crippen LogP contribution < -0.4 is 5.32 Å². The molecule has 6 rings (SSSR count). The molecular weight excluding hydrogens is 510 g/mol. The molecule has 8 atom stereocenters. The number of ketones is 1. The molecule has 230 valence electrons. The van der Waals surface area contributed by atoms with Crippen molar-refractivity contribution in [2.24, 2.45) is 45.3 Å². The number of aliphatic hydroxyl groups is 1. The second-order valence-electron chi connectivity index (χ2n) is 16.9. The Morgan fingerprint density at radius 3 is 2.24 bits per heavy atom. The van der Waals surface area contributed by atoms with Gasteiger partial charge in [-0.1, -0.05) is 54.9 Å². The Morgan fingerprint density at radius 1 is 0.854 bits per heavy atom. The molecule has 5 nitrogen and oxygen atoms in total. The lowest BCUT2D eigenvalue weighted by atomic mass is 9.33. The van der Waals surface area contributed by atoms with E-state index in [1.54, 1.807) is 0 Å². The Hall–Kier alpha value is -1.36. The number of ether oxygens (including phenoxy) is 1. The molecule has 0 saturated heterocycles. The zero-order valence-electron chi connectivity index (χ0n) is 27.0. The molecule has 0 aromatic rings. The molecule has 0 heterocycles. The van der Waals surface area contributed by atoms with Crippen molar-refractivity contribution in [1.29, 1.82) is 0 Å². The smallest absolute Gasteiger partial charge is 0.408 e. The van der Waals surface area contributed by atoms with Crippen molar-refractivity contribution >= 4 is 11.9 Å². The molecule has 2 N–H and O–H groups in total.